The van der Waals surface area contributed by atoms with Crippen LogP contribution >= 0.6 is 0 Å². The number of pyridine rings is 1. The Kier molecular flexibility index (Phi) is 8.25. The monoisotopic (exact) mass is 424 g/mol. The van der Waals surface area contributed by atoms with Crippen LogP contribution in [-0.4, -0.2) is 23.5 Å². The number of allylic oxidation sites excluding steroid dienone is 1. The van der Waals surface area contributed by atoms with Gasteiger partial charge in [0, 0.05) is 30.9 Å². The van der Waals surface area contributed by atoms with Crippen molar-refractivity contribution in [3.8, 4) is 28.7 Å². The number of benzene rings is 2. The fraction of sp³-hybridized carbons (Fsp3) is 0.276. The molecule has 0 spiro atoms. The van der Waals surface area contributed by atoms with Crippen molar-refractivity contribution in [2.24, 2.45) is 5.41 Å². The standard InChI is InChI=1S/C29H32N2O/c1-29(2,3)16-6-5-7-18-31(4)22-24-11-9-15-28(20-24)32-23-25-12-8-13-26(19-25)27-14-10-17-30-21-27/h5,7-15,17,19-21H,18,22-23H2,1-4H3/b7-5+. The SMILES string of the molecule is CN(C/C=C/C#CC(C)(C)C)Cc1cccc(OCc2cccc(-c3cccnc3)c2)c1. The zero-order valence-electron chi connectivity index (χ0n) is 19.5. The third-order valence-corrected chi connectivity index (χ3v) is 4.74. The number of hydrogen-bond donors (Lipinski definition) is 0. The maximum absolute atomic E-state index is 6.08. The van der Waals surface area contributed by atoms with Crippen molar-refractivity contribution in [1.29, 1.82) is 0 Å². The summed E-state index contributed by atoms with van der Waals surface area (Å²) in [6.07, 6.45) is 7.72. The predicted octanol–water partition coefficient (Wildman–Crippen LogP) is 6.37. The van der Waals surface area contributed by atoms with Crippen molar-refractivity contribution in [2.75, 3.05) is 13.6 Å². The molecule has 0 aliphatic rings. The number of likely N-dealkylation sites (N-methyl/N-ethyl adjacent to an activating group) is 1. The molecule has 1 heterocycles. The van der Waals surface area contributed by atoms with Gasteiger partial charge in [0.1, 0.15) is 12.4 Å². The van der Waals surface area contributed by atoms with Gasteiger partial charge in [0.15, 0.2) is 0 Å². The maximum Gasteiger partial charge on any atom is 0.120 e. The van der Waals surface area contributed by atoms with Gasteiger partial charge in [-0.25, -0.2) is 0 Å². The summed E-state index contributed by atoms with van der Waals surface area (Å²) >= 11 is 0. The van der Waals surface area contributed by atoms with Gasteiger partial charge in [-0.15, -0.1) is 0 Å². The summed E-state index contributed by atoms with van der Waals surface area (Å²) in [7, 11) is 2.11. The molecule has 3 nitrogen and oxygen atoms in total. The van der Waals surface area contributed by atoms with E-state index in [-0.39, 0.29) is 5.41 Å². The van der Waals surface area contributed by atoms with Gasteiger partial charge in [0.2, 0.25) is 0 Å². The molecule has 0 aliphatic heterocycles. The Labute approximate surface area is 192 Å². The normalized spacial score (nSPS) is 11.4. The van der Waals surface area contributed by atoms with Gasteiger partial charge in [0.05, 0.1) is 0 Å². The lowest BCUT2D eigenvalue weighted by Crippen LogP contribution is -2.17. The van der Waals surface area contributed by atoms with Crippen LogP contribution in [-0.2, 0) is 13.2 Å². The molecule has 1 aromatic heterocycles. The quantitative estimate of drug-likeness (QED) is 0.393. The number of aromatic nitrogens is 1. The highest BCUT2D eigenvalue weighted by atomic mass is 16.5. The van der Waals surface area contributed by atoms with Gasteiger partial charge in [0.25, 0.3) is 0 Å². The molecule has 0 saturated carbocycles. The Balaban J connectivity index is 1.54. The molecule has 0 radical (unpaired) electrons. The molecule has 3 heteroatoms. The minimum absolute atomic E-state index is 0.0384. The Morgan fingerprint density at radius 2 is 1.75 bits per heavy atom. The van der Waals surface area contributed by atoms with Crippen molar-refractivity contribution in [3.63, 3.8) is 0 Å². The van der Waals surface area contributed by atoms with Gasteiger partial charge in [-0.05, 0) is 80.4 Å². The van der Waals surface area contributed by atoms with E-state index in [1.807, 2.05) is 24.4 Å². The number of hydrogen-bond acceptors (Lipinski definition) is 3. The number of rotatable bonds is 8. The van der Waals surface area contributed by atoms with Gasteiger partial charge in [-0.2, -0.15) is 0 Å². The largest absolute Gasteiger partial charge is 0.489 e. The number of nitrogens with zero attached hydrogens (tertiary/aromatic N) is 2. The summed E-state index contributed by atoms with van der Waals surface area (Å²) in [5.41, 5.74) is 4.66. The maximum atomic E-state index is 6.08. The highest BCUT2D eigenvalue weighted by Crippen LogP contribution is 2.21. The van der Waals surface area contributed by atoms with Crippen molar-refractivity contribution in [2.45, 2.75) is 33.9 Å². The van der Waals surface area contributed by atoms with E-state index in [4.69, 9.17) is 4.74 Å². The second-order valence-electron chi connectivity index (χ2n) is 9.00. The molecule has 164 valence electrons. The zero-order chi connectivity index (χ0) is 22.8. The smallest absolute Gasteiger partial charge is 0.120 e. The molecule has 3 rings (SSSR count). The molecule has 0 aliphatic carbocycles. The van der Waals surface area contributed by atoms with Gasteiger partial charge >= 0.3 is 0 Å². The lowest BCUT2D eigenvalue weighted by molar-refractivity contribution is 0.304. The first-order valence-electron chi connectivity index (χ1n) is 11.0. The van der Waals surface area contributed by atoms with E-state index in [0.29, 0.717) is 6.61 Å². The average molecular weight is 425 g/mol. The lowest BCUT2D eigenvalue weighted by atomic mass is 9.98. The molecular weight excluding hydrogens is 392 g/mol. The van der Waals surface area contributed by atoms with Crippen LogP contribution in [0.3, 0.4) is 0 Å². The van der Waals surface area contributed by atoms with E-state index < -0.39 is 0 Å². The molecule has 32 heavy (non-hydrogen) atoms. The van der Waals surface area contributed by atoms with E-state index in [0.717, 1.165) is 35.5 Å². The Morgan fingerprint density at radius 3 is 2.53 bits per heavy atom. The molecule has 0 amide bonds. The van der Waals surface area contributed by atoms with Crippen LogP contribution in [0.5, 0.6) is 5.75 Å². The van der Waals surface area contributed by atoms with Gasteiger partial charge < -0.3 is 4.74 Å². The Bertz CT molecular complexity index is 1090. The summed E-state index contributed by atoms with van der Waals surface area (Å²) in [5.74, 6) is 7.22. The lowest BCUT2D eigenvalue weighted by Gasteiger charge is -2.15. The van der Waals surface area contributed by atoms with Crippen molar-refractivity contribution < 1.29 is 4.74 Å². The molecule has 0 N–H and O–H groups in total. The molecule has 0 unspecified atom stereocenters. The van der Waals surface area contributed by atoms with Crippen LogP contribution in [0.25, 0.3) is 11.1 Å². The van der Waals surface area contributed by atoms with Crippen molar-refractivity contribution in [3.05, 3.63) is 96.3 Å². The summed E-state index contributed by atoms with van der Waals surface area (Å²) in [6, 6.07) is 20.7. The molecule has 0 atom stereocenters. The third-order valence-electron chi connectivity index (χ3n) is 4.74. The summed E-state index contributed by atoms with van der Waals surface area (Å²) in [4.78, 5) is 6.46. The topological polar surface area (TPSA) is 25.4 Å². The zero-order valence-corrected chi connectivity index (χ0v) is 19.5. The van der Waals surface area contributed by atoms with Crippen LogP contribution in [0.4, 0.5) is 0 Å². The average Bonchev–Trinajstić information content (AvgIpc) is 2.78. The van der Waals surface area contributed by atoms with Crippen molar-refractivity contribution in [1.82, 2.24) is 9.88 Å². The first-order chi connectivity index (χ1) is 15.4. The van der Waals surface area contributed by atoms with Gasteiger partial charge in [-0.1, -0.05) is 54.3 Å². The molecular formula is C29H32N2O. The second kappa shape index (κ2) is 11.3. The summed E-state index contributed by atoms with van der Waals surface area (Å²) in [6.45, 7) is 8.59. The molecule has 2 aromatic carbocycles. The molecule has 0 fully saturated rings. The molecule has 0 bridgehead atoms. The highest BCUT2D eigenvalue weighted by molar-refractivity contribution is 5.62. The molecule has 0 saturated heterocycles. The van der Waals surface area contributed by atoms with Crippen LogP contribution in [0.2, 0.25) is 0 Å². The fourth-order valence-electron chi connectivity index (χ4n) is 3.20. The molecule has 3 aromatic rings. The fourth-order valence-corrected chi connectivity index (χ4v) is 3.20. The summed E-state index contributed by atoms with van der Waals surface area (Å²) in [5, 5.41) is 0. The second-order valence-corrected chi connectivity index (χ2v) is 9.00. The van der Waals surface area contributed by atoms with E-state index in [2.05, 4.69) is 104 Å². The number of ether oxygens (including phenoxy) is 1. The Morgan fingerprint density at radius 1 is 0.969 bits per heavy atom. The minimum Gasteiger partial charge on any atom is -0.489 e. The van der Waals surface area contributed by atoms with Crippen LogP contribution < -0.4 is 4.74 Å². The van der Waals surface area contributed by atoms with Gasteiger partial charge in [-0.3, -0.25) is 9.88 Å². The van der Waals surface area contributed by atoms with Crippen LogP contribution in [0.15, 0.2) is 85.2 Å². The van der Waals surface area contributed by atoms with Crippen LogP contribution in [0, 0.1) is 17.3 Å². The van der Waals surface area contributed by atoms with E-state index >= 15 is 0 Å². The predicted molar refractivity (Wildman–Crippen MR) is 133 cm³/mol. The Hall–Kier alpha value is -3.35. The highest BCUT2D eigenvalue weighted by Gasteiger charge is 2.04. The van der Waals surface area contributed by atoms with E-state index in [9.17, 15) is 0 Å². The third kappa shape index (κ3) is 8.06. The van der Waals surface area contributed by atoms with Crippen LogP contribution in [0.1, 0.15) is 31.9 Å². The minimum atomic E-state index is 0.0384. The summed E-state index contributed by atoms with van der Waals surface area (Å²) < 4.78 is 6.08. The van der Waals surface area contributed by atoms with E-state index in [1.165, 1.54) is 5.56 Å². The van der Waals surface area contributed by atoms with E-state index in [1.54, 1.807) is 6.20 Å². The van der Waals surface area contributed by atoms with Crippen molar-refractivity contribution >= 4 is 0 Å². The first-order valence-corrected chi connectivity index (χ1v) is 11.0. The first kappa shape index (κ1) is 23.3.